The number of fused-ring (bicyclic) bond motifs is 2. The van der Waals surface area contributed by atoms with E-state index in [1.165, 1.54) is 11.6 Å². The zero-order valence-electron chi connectivity index (χ0n) is 18.9. The first kappa shape index (κ1) is 21.9. The molecule has 1 amide bonds. The van der Waals surface area contributed by atoms with Crippen LogP contribution in [0.5, 0.6) is 5.75 Å². The number of anilines is 4. The van der Waals surface area contributed by atoms with Gasteiger partial charge in [-0.25, -0.2) is 9.97 Å². The van der Waals surface area contributed by atoms with E-state index in [-0.39, 0.29) is 5.91 Å². The number of aromatic nitrogens is 2. The number of carbonyl (C=O) groups excluding carboxylic acids is 1. The third-order valence-corrected chi connectivity index (χ3v) is 6.02. The first-order chi connectivity index (χ1) is 16.7. The van der Waals surface area contributed by atoms with Gasteiger partial charge in [0, 0.05) is 31.2 Å². The number of nitrogens with zero attached hydrogens (tertiary/aromatic N) is 3. The highest BCUT2D eigenvalue weighted by molar-refractivity contribution is 5.98. The van der Waals surface area contributed by atoms with Crippen molar-refractivity contribution >= 4 is 28.9 Å². The fraction of sp³-hybridized carbons (Fsp3) is 0.269. The van der Waals surface area contributed by atoms with Crippen LogP contribution in [0.3, 0.4) is 0 Å². The summed E-state index contributed by atoms with van der Waals surface area (Å²) >= 11 is 0. The van der Waals surface area contributed by atoms with E-state index in [1.54, 1.807) is 12.3 Å². The summed E-state index contributed by atoms with van der Waals surface area (Å²) in [6, 6.07) is 12.1. The Morgan fingerprint density at radius 3 is 2.74 bits per heavy atom. The molecule has 1 saturated heterocycles. The minimum Gasteiger partial charge on any atom is -0.487 e. The van der Waals surface area contributed by atoms with Crippen LogP contribution >= 0.6 is 0 Å². The maximum absolute atomic E-state index is 11.4. The van der Waals surface area contributed by atoms with Gasteiger partial charge in [-0.3, -0.25) is 4.79 Å². The summed E-state index contributed by atoms with van der Waals surface area (Å²) in [5.74, 6) is 1.90. The molecule has 8 nitrogen and oxygen atoms in total. The number of pyridine rings is 2. The van der Waals surface area contributed by atoms with Crippen molar-refractivity contribution in [3.8, 4) is 5.75 Å². The van der Waals surface area contributed by atoms with Gasteiger partial charge in [-0.2, -0.15) is 0 Å². The molecule has 1 aromatic carbocycles. The van der Waals surface area contributed by atoms with Crippen LogP contribution < -0.4 is 20.3 Å². The molecule has 0 unspecified atom stereocenters. The van der Waals surface area contributed by atoms with Crippen molar-refractivity contribution in [2.75, 3.05) is 41.8 Å². The van der Waals surface area contributed by atoms with Gasteiger partial charge < -0.3 is 25.0 Å². The van der Waals surface area contributed by atoms with Gasteiger partial charge in [0.25, 0.3) is 0 Å². The van der Waals surface area contributed by atoms with Crippen LogP contribution in [0.25, 0.3) is 0 Å². The molecule has 34 heavy (non-hydrogen) atoms. The summed E-state index contributed by atoms with van der Waals surface area (Å²) < 4.78 is 11.7. The van der Waals surface area contributed by atoms with Crippen LogP contribution in [0.2, 0.25) is 0 Å². The normalized spacial score (nSPS) is 14.6. The highest BCUT2D eigenvalue weighted by Gasteiger charge is 2.22. The second kappa shape index (κ2) is 9.93. The lowest BCUT2D eigenvalue weighted by Crippen LogP contribution is -2.37. The molecule has 0 spiro atoms. The molecule has 4 heterocycles. The van der Waals surface area contributed by atoms with E-state index in [4.69, 9.17) is 9.47 Å². The SMILES string of the molecule is C=CC(=O)Nc1ccc(CCc2ccc3c(c2)Nc2nccc(N4CCOCC4)c2CO3)cn1. The van der Waals surface area contributed by atoms with Crippen molar-refractivity contribution in [2.45, 2.75) is 19.4 Å². The van der Waals surface area contributed by atoms with Crippen molar-refractivity contribution < 1.29 is 14.3 Å². The Kier molecular flexibility index (Phi) is 6.40. The van der Waals surface area contributed by atoms with Crippen LogP contribution in [0, 0.1) is 0 Å². The second-order valence-electron chi connectivity index (χ2n) is 8.25. The van der Waals surface area contributed by atoms with E-state index in [9.17, 15) is 4.79 Å². The van der Waals surface area contributed by atoms with Gasteiger partial charge in [0.15, 0.2) is 0 Å². The van der Waals surface area contributed by atoms with E-state index in [0.29, 0.717) is 12.4 Å². The Labute approximate surface area is 198 Å². The summed E-state index contributed by atoms with van der Waals surface area (Å²) in [5, 5.41) is 6.16. The third-order valence-electron chi connectivity index (χ3n) is 6.02. The predicted molar refractivity (Wildman–Crippen MR) is 132 cm³/mol. The highest BCUT2D eigenvalue weighted by atomic mass is 16.5. The van der Waals surface area contributed by atoms with E-state index < -0.39 is 0 Å². The molecule has 5 rings (SSSR count). The number of nitrogens with one attached hydrogen (secondary N) is 2. The largest absolute Gasteiger partial charge is 0.487 e. The van der Waals surface area contributed by atoms with E-state index in [2.05, 4.69) is 50.3 Å². The summed E-state index contributed by atoms with van der Waals surface area (Å²) in [7, 11) is 0. The fourth-order valence-corrected chi connectivity index (χ4v) is 4.18. The number of hydrogen-bond donors (Lipinski definition) is 2. The molecule has 0 saturated carbocycles. The number of ether oxygens (including phenoxy) is 2. The van der Waals surface area contributed by atoms with Crippen molar-refractivity contribution in [1.29, 1.82) is 0 Å². The van der Waals surface area contributed by atoms with Crippen LogP contribution in [0.15, 0.2) is 61.4 Å². The lowest BCUT2D eigenvalue weighted by atomic mass is 10.0. The molecular weight excluding hydrogens is 430 g/mol. The van der Waals surface area contributed by atoms with E-state index >= 15 is 0 Å². The number of benzene rings is 1. The zero-order chi connectivity index (χ0) is 23.3. The Balaban J connectivity index is 1.28. The molecule has 0 atom stereocenters. The Hall–Kier alpha value is -3.91. The summed E-state index contributed by atoms with van der Waals surface area (Å²) in [6.45, 7) is 7.11. The Bertz CT molecular complexity index is 1190. The van der Waals surface area contributed by atoms with Crippen molar-refractivity contribution in [2.24, 2.45) is 0 Å². The number of carbonyl (C=O) groups is 1. The van der Waals surface area contributed by atoms with Gasteiger partial charge in [-0.15, -0.1) is 0 Å². The highest BCUT2D eigenvalue weighted by Crippen LogP contribution is 2.37. The third kappa shape index (κ3) is 4.87. The van der Waals surface area contributed by atoms with Crippen molar-refractivity contribution in [3.63, 3.8) is 0 Å². The second-order valence-corrected chi connectivity index (χ2v) is 8.25. The summed E-state index contributed by atoms with van der Waals surface area (Å²) in [6.07, 6.45) is 6.54. The molecule has 2 aromatic heterocycles. The van der Waals surface area contributed by atoms with E-state index in [1.807, 2.05) is 18.3 Å². The van der Waals surface area contributed by atoms with Crippen LogP contribution in [-0.2, 0) is 29.0 Å². The van der Waals surface area contributed by atoms with Crippen LogP contribution in [-0.4, -0.2) is 42.2 Å². The quantitative estimate of drug-likeness (QED) is 0.544. The average molecular weight is 458 g/mol. The molecule has 2 N–H and O–H groups in total. The standard InChI is InChI=1S/C26H27N5O3/c1-2-25(32)30-24-8-6-19(16-28-24)4-3-18-5-7-23-21(15-18)29-26-20(17-34-23)22(9-10-27-26)31-11-13-33-14-12-31/h2,5-10,15-16H,1,3-4,11-14,17H2,(H,27,29)(H,28,30,32). The van der Waals surface area contributed by atoms with E-state index in [0.717, 1.165) is 73.2 Å². The maximum Gasteiger partial charge on any atom is 0.248 e. The molecule has 174 valence electrons. The molecule has 0 bridgehead atoms. The molecule has 0 radical (unpaired) electrons. The predicted octanol–water partition coefficient (Wildman–Crippen LogP) is 3.86. The van der Waals surface area contributed by atoms with Crippen molar-refractivity contribution in [3.05, 3.63) is 78.1 Å². The van der Waals surface area contributed by atoms with Gasteiger partial charge in [0.05, 0.1) is 24.5 Å². The number of morpholine rings is 1. The average Bonchev–Trinajstić information content (AvgIpc) is 3.07. The minimum atomic E-state index is -0.270. The Morgan fingerprint density at radius 1 is 1.12 bits per heavy atom. The lowest BCUT2D eigenvalue weighted by Gasteiger charge is -2.30. The van der Waals surface area contributed by atoms with Crippen LogP contribution in [0.1, 0.15) is 16.7 Å². The molecule has 2 aliphatic heterocycles. The smallest absolute Gasteiger partial charge is 0.248 e. The van der Waals surface area contributed by atoms with Gasteiger partial charge in [-0.1, -0.05) is 18.7 Å². The van der Waals surface area contributed by atoms with Crippen molar-refractivity contribution in [1.82, 2.24) is 9.97 Å². The van der Waals surface area contributed by atoms with Crippen LogP contribution in [0.4, 0.5) is 23.0 Å². The first-order valence-corrected chi connectivity index (χ1v) is 11.4. The summed E-state index contributed by atoms with van der Waals surface area (Å²) in [4.78, 5) is 22.6. The summed E-state index contributed by atoms with van der Waals surface area (Å²) in [5.41, 5.74) is 5.42. The number of rotatable bonds is 6. The molecule has 2 aliphatic rings. The Morgan fingerprint density at radius 2 is 1.94 bits per heavy atom. The fourth-order valence-electron chi connectivity index (χ4n) is 4.18. The monoisotopic (exact) mass is 457 g/mol. The molecular formula is C26H27N5O3. The number of amides is 1. The molecule has 0 aliphatic carbocycles. The van der Waals surface area contributed by atoms with Gasteiger partial charge in [-0.05, 0) is 54.3 Å². The molecule has 8 heteroatoms. The van der Waals surface area contributed by atoms with Gasteiger partial charge in [0.1, 0.15) is 24.0 Å². The zero-order valence-corrected chi connectivity index (χ0v) is 18.9. The number of aryl methyl sites for hydroxylation is 2. The lowest BCUT2D eigenvalue weighted by molar-refractivity contribution is -0.111. The minimum absolute atomic E-state index is 0.270. The molecule has 1 fully saturated rings. The topological polar surface area (TPSA) is 88.6 Å². The first-order valence-electron chi connectivity index (χ1n) is 11.4. The maximum atomic E-state index is 11.4. The van der Waals surface area contributed by atoms with Gasteiger partial charge >= 0.3 is 0 Å². The van der Waals surface area contributed by atoms with Gasteiger partial charge in [0.2, 0.25) is 5.91 Å². The molecule has 3 aromatic rings. The number of hydrogen-bond acceptors (Lipinski definition) is 7.